The van der Waals surface area contributed by atoms with E-state index >= 15 is 0 Å². The second-order valence-electron chi connectivity index (χ2n) is 6.43. The molecule has 0 unspecified atom stereocenters. The molecule has 1 saturated heterocycles. The van der Waals surface area contributed by atoms with Crippen molar-refractivity contribution in [3.05, 3.63) is 39.4 Å². The van der Waals surface area contributed by atoms with Gasteiger partial charge in [-0.05, 0) is 26.0 Å². The molecule has 1 aliphatic heterocycles. The minimum Gasteiger partial charge on any atom is -0.360 e. The second-order valence-corrected chi connectivity index (χ2v) is 7.71. The molecule has 0 aliphatic carbocycles. The van der Waals surface area contributed by atoms with Gasteiger partial charge in [0, 0.05) is 50.0 Å². The Kier molecular flexibility index (Phi) is 5.65. The monoisotopic (exact) mass is 361 g/mol. The molecule has 0 bridgehead atoms. The van der Waals surface area contributed by atoms with Crippen LogP contribution in [0.3, 0.4) is 0 Å². The van der Waals surface area contributed by atoms with E-state index in [0.717, 1.165) is 40.8 Å². The summed E-state index contributed by atoms with van der Waals surface area (Å²) in [5, 5.41) is 3.90. The van der Waals surface area contributed by atoms with Crippen molar-refractivity contribution in [1.82, 2.24) is 15.0 Å². The van der Waals surface area contributed by atoms with Crippen LogP contribution in [-0.4, -0.2) is 52.8 Å². The first-order chi connectivity index (χ1) is 12.0. The maximum atomic E-state index is 12.3. The lowest BCUT2D eigenvalue weighted by Gasteiger charge is -2.34. The van der Waals surface area contributed by atoms with Gasteiger partial charge in [-0.1, -0.05) is 5.16 Å². The Morgan fingerprint density at radius 3 is 2.52 bits per heavy atom. The Morgan fingerprint density at radius 2 is 1.92 bits per heavy atom. The van der Waals surface area contributed by atoms with Crippen LogP contribution < -0.4 is 0 Å². The van der Waals surface area contributed by atoms with Crippen molar-refractivity contribution >= 4 is 23.0 Å². The molecule has 0 N–H and O–H groups in total. The number of carbonyl (C=O) groups excluding carboxylic acids is 2. The summed E-state index contributed by atoms with van der Waals surface area (Å²) in [6.07, 6.45) is 0.577. The van der Waals surface area contributed by atoms with Crippen molar-refractivity contribution in [3.63, 3.8) is 0 Å². The van der Waals surface area contributed by atoms with E-state index in [1.807, 2.05) is 36.9 Å². The van der Waals surface area contributed by atoms with E-state index in [4.69, 9.17) is 4.52 Å². The van der Waals surface area contributed by atoms with Gasteiger partial charge in [0.15, 0.2) is 11.5 Å². The van der Waals surface area contributed by atoms with Crippen molar-refractivity contribution < 1.29 is 14.1 Å². The molecule has 0 aromatic carbocycles. The molecule has 2 aromatic heterocycles. The zero-order valence-corrected chi connectivity index (χ0v) is 15.5. The minimum atomic E-state index is 0.0609. The summed E-state index contributed by atoms with van der Waals surface area (Å²) >= 11 is 1.49. The van der Waals surface area contributed by atoms with Crippen LogP contribution in [0, 0.1) is 13.8 Å². The summed E-state index contributed by atoms with van der Waals surface area (Å²) in [6.45, 7) is 7.61. The fraction of sp³-hybridized carbons (Fsp3) is 0.500. The number of hydrogen-bond donors (Lipinski definition) is 0. The maximum Gasteiger partial charge on any atom is 0.223 e. The second kappa shape index (κ2) is 7.93. The van der Waals surface area contributed by atoms with Crippen LogP contribution in [-0.2, 0) is 11.3 Å². The van der Waals surface area contributed by atoms with Crippen LogP contribution in [0.1, 0.15) is 38.8 Å². The van der Waals surface area contributed by atoms with Crippen LogP contribution in [0.15, 0.2) is 22.7 Å². The molecular formula is C18H23N3O3S. The third-order valence-corrected chi connectivity index (χ3v) is 5.40. The molecule has 0 atom stereocenters. The topological polar surface area (TPSA) is 66.7 Å². The maximum absolute atomic E-state index is 12.3. The SMILES string of the molecule is Cc1cc(CN2CCN(C(=O)CCC(=O)c3ccc(C)s3)CC2)on1. The van der Waals surface area contributed by atoms with Crippen LogP contribution in [0.5, 0.6) is 0 Å². The molecule has 1 amide bonds. The molecule has 0 spiro atoms. The van der Waals surface area contributed by atoms with Gasteiger partial charge in [-0.3, -0.25) is 14.5 Å². The minimum absolute atomic E-state index is 0.0609. The van der Waals surface area contributed by atoms with Crippen LogP contribution in [0.2, 0.25) is 0 Å². The predicted molar refractivity (Wildman–Crippen MR) is 95.7 cm³/mol. The summed E-state index contributed by atoms with van der Waals surface area (Å²) in [7, 11) is 0. The van der Waals surface area contributed by atoms with Gasteiger partial charge >= 0.3 is 0 Å². The Balaban J connectivity index is 1.41. The number of ketones is 1. The van der Waals surface area contributed by atoms with Crippen LogP contribution >= 0.6 is 11.3 Å². The lowest BCUT2D eigenvalue weighted by atomic mass is 10.1. The third-order valence-electron chi connectivity index (χ3n) is 4.36. The van der Waals surface area contributed by atoms with E-state index in [1.54, 1.807) is 0 Å². The quantitative estimate of drug-likeness (QED) is 0.740. The number of hydrogen-bond acceptors (Lipinski definition) is 6. The normalized spacial score (nSPS) is 15.5. The molecule has 0 radical (unpaired) electrons. The first kappa shape index (κ1) is 17.8. The molecular weight excluding hydrogens is 338 g/mol. The van der Waals surface area contributed by atoms with Crippen LogP contribution in [0.25, 0.3) is 0 Å². The third kappa shape index (κ3) is 4.76. The molecule has 0 saturated carbocycles. The number of piperazine rings is 1. The summed E-state index contributed by atoms with van der Waals surface area (Å²) in [6, 6.07) is 5.72. The van der Waals surface area contributed by atoms with Crippen molar-refractivity contribution in [2.45, 2.75) is 33.2 Å². The highest BCUT2D eigenvalue weighted by molar-refractivity contribution is 7.14. The summed E-state index contributed by atoms with van der Waals surface area (Å²) in [4.78, 5) is 30.4. The fourth-order valence-electron chi connectivity index (χ4n) is 2.95. The van der Waals surface area contributed by atoms with E-state index in [2.05, 4.69) is 10.1 Å². The zero-order valence-electron chi connectivity index (χ0n) is 14.7. The molecule has 2 aromatic rings. The first-order valence-electron chi connectivity index (χ1n) is 8.53. The van der Waals surface area contributed by atoms with E-state index in [0.29, 0.717) is 13.1 Å². The summed E-state index contributed by atoms with van der Waals surface area (Å²) < 4.78 is 5.24. The van der Waals surface area contributed by atoms with Gasteiger partial charge in [0.05, 0.1) is 17.1 Å². The van der Waals surface area contributed by atoms with Gasteiger partial charge in [-0.25, -0.2) is 0 Å². The van der Waals surface area contributed by atoms with Gasteiger partial charge in [-0.15, -0.1) is 11.3 Å². The number of carbonyl (C=O) groups is 2. The van der Waals surface area contributed by atoms with Crippen molar-refractivity contribution in [2.24, 2.45) is 0 Å². The highest BCUT2D eigenvalue weighted by atomic mass is 32.1. The highest BCUT2D eigenvalue weighted by Crippen LogP contribution is 2.18. The van der Waals surface area contributed by atoms with E-state index in [1.165, 1.54) is 11.3 Å². The predicted octanol–water partition coefficient (Wildman–Crippen LogP) is 2.66. The average Bonchev–Trinajstić information content (AvgIpc) is 3.21. The first-order valence-corrected chi connectivity index (χ1v) is 9.35. The Morgan fingerprint density at radius 1 is 1.16 bits per heavy atom. The lowest BCUT2D eigenvalue weighted by molar-refractivity contribution is -0.133. The standard InChI is InChI=1S/C18H23N3O3S/c1-13-11-15(24-19-13)12-20-7-9-21(10-8-20)18(23)6-4-16(22)17-5-3-14(2)25-17/h3,5,11H,4,6-10,12H2,1-2H3. The zero-order chi connectivity index (χ0) is 17.8. The number of amides is 1. The number of thiophene rings is 1. The summed E-state index contributed by atoms with van der Waals surface area (Å²) in [5.74, 6) is 0.983. The average molecular weight is 361 g/mol. The number of Topliss-reactive ketones (excluding diaryl/α,β-unsaturated/α-hetero) is 1. The molecule has 7 heteroatoms. The lowest BCUT2D eigenvalue weighted by Crippen LogP contribution is -2.48. The number of rotatable bonds is 6. The van der Waals surface area contributed by atoms with Gasteiger partial charge in [0.2, 0.25) is 5.91 Å². The van der Waals surface area contributed by atoms with Gasteiger partial charge in [0.1, 0.15) is 0 Å². The van der Waals surface area contributed by atoms with Gasteiger partial charge in [0.25, 0.3) is 0 Å². The summed E-state index contributed by atoms with van der Waals surface area (Å²) in [5.41, 5.74) is 0.884. The van der Waals surface area contributed by atoms with E-state index in [9.17, 15) is 9.59 Å². The molecule has 3 heterocycles. The van der Waals surface area contributed by atoms with Crippen molar-refractivity contribution in [3.8, 4) is 0 Å². The highest BCUT2D eigenvalue weighted by Gasteiger charge is 2.22. The van der Waals surface area contributed by atoms with Crippen molar-refractivity contribution in [1.29, 1.82) is 0 Å². The number of aryl methyl sites for hydroxylation is 2. The molecule has 25 heavy (non-hydrogen) atoms. The molecule has 134 valence electrons. The molecule has 3 rings (SSSR count). The molecule has 1 fully saturated rings. The number of aromatic nitrogens is 1. The Hall–Kier alpha value is -1.99. The van der Waals surface area contributed by atoms with Crippen molar-refractivity contribution in [2.75, 3.05) is 26.2 Å². The van der Waals surface area contributed by atoms with E-state index < -0.39 is 0 Å². The molecule has 6 nitrogen and oxygen atoms in total. The van der Waals surface area contributed by atoms with E-state index in [-0.39, 0.29) is 24.5 Å². The largest absolute Gasteiger partial charge is 0.360 e. The Labute approximate surface area is 151 Å². The Bertz CT molecular complexity index is 744. The van der Waals surface area contributed by atoms with Gasteiger partial charge < -0.3 is 9.42 Å². The van der Waals surface area contributed by atoms with Gasteiger partial charge in [-0.2, -0.15) is 0 Å². The fourth-order valence-corrected chi connectivity index (χ4v) is 3.79. The van der Waals surface area contributed by atoms with Crippen LogP contribution in [0.4, 0.5) is 0 Å². The smallest absolute Gasteiger partial charge is 0.223 e. The molecule has 1 aliphatic rings. The number of nitrogens with zero attached hydrogens (tertiary/aromatic N) is 3.